The van der Waals surface area contributed by atoms with Crippen LogP contribution in [-0.4, -0.2) is 7.11 Å². The van der Waals surface area contributed by atoms with Crippen molar-refractivity contribution in [2.45, 2.75) is 6.42 Å². The first-order valence-corrected chi connectivity index (χ1v) is 7.37. The van der Waals surface area contributed by atoms with E-state index in [-0.39, 0.29) is 0 Å². The van der Waals surface area contributed by atoms with E-state index in [2.05, 4.69) is 53.8 Å². The monoisotopic (exact) mass is 289 g/mol. The SMILES string of the molecule is COc1ccc(Nc2ccc(Cc3ccccc3)cc2)cc1. The number of methoxy groups -OCH3 is 1. The molecule has 110 valence electrons. The molecule has 3 aromatic rings. The van der Waals surface area contributed by atoms with Gasteiger partial charge in [-0.05, 0) is 53.9 Å². The fourth-order valence-electron chi connectivity index (χ4n) is 2.38. The molecule has 22 heavy (non-hydrogen) atoms. The van der Waals surface area contributed by atoms with Gasteiger partial charge in [0.1, 0.15) is 5.75 Å². The predicted octanol–water partition coefficient (Wildman–Crippen LogP) is 5.03. The molecule has 2 heteroatoms. The third-order valence-corrected chi connectivity index (χ3v) is 3.58. The van der Waals surface area contributed by atoms with Crippen LogP contribution in [0.1, 0.15) is 11.1 Å². The van der Waals surface area contributed by atoms with Gasteiger partial charge < -0.3 is 10.1 Å². The van der Waals surface area contributed by atoms with E-state index in [1.165, 1.54) is 11.1 Å². The van der Waals surface area contributed by atoms with E-state index in [4.69, 9.17) is 4.74 Å². The zero-order valence-electron chi connectivity index (χ0n) is 12.6. The minimum absolute atomic E-state index is 0.865. The second-order valence-corrected chi connectivity index (χ2v) is 5.21. The van der Waals surface area contributed by atoms with Gasteiger partial charge in [-0.25, -0.2) is 0 Å². The number of anilines is 2. The summed E-state index contributed by atoms with van der Waals surface area (Å²) in [5.41, 5.74) is 4.78. The highest BCUT2D eigenvalue weighted by molar-refractivity contribution is 5.60. The molecule has 0 amide bonds. The lowest BCUT2D eigenvalue weighted by Crippen LogP contribution is -1.92. The van der Waals surface area contributed by atoms with Crippen molar-refractivity contribution in [3.63, 3.8) is 0 Å². The van der Waals surface area contributed by atoms with Crippen LogP contribution in [0.4, 0.5) is 11.4 Å². The molecule has 2 nitrogen and oxygen atoms in total. The zero-order valence-corrected chi connectivity index (χ0v) is 12.6. The van der Waals surface area contributed by atoms with Crippen LogP contribution in [0, 0.1) is 0 Å². The van der Waals surface area contributed by atoms with Crippen LogP contribution >= 0.6 is 0 Å². The second-order valence-electron chi connectivity index (χ2n) is 5.21. The summed E-state index contributed by atoms with van der Waals surface area (Å²) >= 11 is 0. The summed E-state index contributed by atoms with van der Waals surface area (Å²) in [6.45, 7) is 0. The summed E-state index contributed by atoms with van der Waals surface area (Å²) in [5, 5.41) is 3.39. The highest BCUT2D eigenvalue weighted by Crippen LogP contribution is 2.20. The first-order chi connectivity index (χ1) is 10.8. The van der Waals surface area contributed by atoms with Gasteiger partial charge in [0.05, 0.1) is 7.11 Å². The first kappa shape index (κ1) is 14.2. The van der Waals surface area contributed by atoms with Crippen molar-refractivity contribution in [1.82, 2.24) is 0 Å². The Hall–Kier alpha value is -2.74. The molecule has 0 saturated heterocycles. The molecule has 0 fully saturated rings. The molecule has 0 saturated carbocycles. The fourth-order valence-corrected chi connectivity index (χ4v) is 2.38. The van der Waals surface area contributed by atoms with Crippen molar-refractivity contribution in [2.24, 2.45) is 0 Å². The lowest BCUT2D eigenvalue weighted by Gasteiger charge is -2.08. The Bertz CT molecular complexity index is 703. The minimum atomic E-state index is 0.865. The number of hydrogen-bond acceptors (Lipinski definition) is 2. The van der Waals surface area contributed by atoms with Gasteiger partial charge in [-0.1, -0.05) is 42.5 Å². The van der Waals surface area contributed by atoms with Gasteiger partial charge in [0, 0.05) is 11.4 Å². The summed E-state index contributed by atoms with van der Waals surface area (Å²) in [6.07, 6.45) is 0.962. The number of nitrogens with one attached hydrogen (secondary N) is 1. The third-order valence-electron chi connectivity index (χ3n) is 3.58. The molecule has 0 aromatic heterocycles. The summed E-state index contributed by atoms with van der Waals surface area (Å²) in [6, 6.07) is 27.0. The zero-order chi connectivity index (χ0) is 15.2. The van der Waals surface area contributed by atoms with Crippen molar-refractivity contribution >= 4 is 11.4 Å². The van der Waals surface area contributed by atoms with Gasteiger partial charge >= 0.3 is 0 Å². The first-order valence-electron chi connectivity index (χ1n) is 7.37. The van der Waals surface area contributed by atoms with E-state index in [9.17, 15) is 0 Å². The van der Waals surface area contributed by atoms with Gasteiger partial charge in [0.2, 0.25) is 0 Å². The standard InChI is InChI=1S/C20H19NO/c1-22-20-13-11-19(12-14-20)21-18-9-7-17(8-10-18)15-16-5-3-2-4-6-16/h2-14,21H,15H2,1H3. The molecular weight excluding hydrogens is 270 g/mol. The Balaban J connectivity index is 1.66. The Morgan fingerprint density at radius 1 is 0.682 bits per heavy atom. The summed E-state index contributed by atoms with van der Waals surface area (Å²) < 4.78 is 5.16. The minimum Gasteiger partial charge on any atom is -0.497 e. The Morgan fingerprint density at radius 2 is 1.23 bits per heavy atom. The summed E-state index contributed by atoms with van der Waals surface area (Å²) in [7, 11) is 1.67. The molecule has 0 aliphatic rings. The average Bonchev–Trinajstić information content (AvgIpc) is 2.58. The van der Waals surface area contributed by atoms with Crippen LogP contribution in [-0.2, 0) is 6.42 Å². The lowest BCUT2D eigenvalue weighted by molar-refractivity contribution is 0.415. The number of ether oxygens (including phenoxy) is 1. The Kier molecular flexibility index (Phi) is 4.40. The molecule has 0 unspecified atom stereocenters. The van der Waals surface area contributed by atoms with Crippen molar-refractivity contribution in [3.05, 3.63) is 90.0 Å². The molecule has 0 bridgehead atoms. The maximum atomic E-state index is 5.16. The topological polar surface area (TPSA) is 21.3 Å². The van der Waals surface area contributed by atoms with Gasteiger partial charge in [0.15, 0.2) is 0 Å². The second kappa shape index (κ2) is 6.81. The number of hydrogen-bond donors (Lipinski definition) is 1. The third kappa shape index (κ3) is 3.67. The van der Waals surface area contributed by atoms with Crippen LogP contribution in [0.5, 0.6) is 5.75 Å². The molecule has 0 radical (unpaired) electrons. The van der Waals surface area contributed by atoms with Gasteiger partial charge in [-0.3, -0.25) is 0 Å². The average molecular weight is 289 g/mol. The van der Waals surface area contributed by atoms with E-state index < -0.39 is 0 Å². The largest absolute Gasteiger partial charge is 0.497 e. The molecular formula is C20H19NO. The van der Waals surface area contributed by atoms with Crippen LogP contribution < -0.4 is 10.1 Å². The molecule has 3 rings (SSSR count). The van der Waals surface area contributed by atoms with Crippen LogP contribution in [0.2, 0.25) is 0 Å². The van der Waals surface area contributed by atoms with Gasteiger partial charge in [-0.15, -0.1) is 0 Å². The van der Waals surface area contributed by atoms with E-state index in [0.717, 1.165) is 23.5 Å². The highest BCUT2D eigenvalue weighted by atomic mass is 16.5. The lowest BCUT2D eigenvalue weighted by atomic mass is 10.0. The summed E-state index contributed by atoms with van der Waals surface area (Å²) in [5.74, 6) is 0.865. The summed E-state index contributed by atoms with van der Waals surface area (Å²) in [4.78, 5) is 0. The van der Waals surface area contributed by atoms with Gasteiger partial charge in [-0.2, -0.15) is 0 Å². The normalized spacial score (nSPS) is 10.2. The highest BCUT2D eigenvalue weighted by Gasteiger charge is 1.98. The fraction of sp³-hybridized carbons (Fsp3) is 0.100. The van der Waals surface area contributed by atoms with E-state index in [0.29, 0.717) is 0 Å². The van der Waals surface area contributed by atoms with Crippen molar-refractivity contribution in [3.8, 4) is 5.75 Å². The van der Waals surface area contributed by atoms with Crippen LogP contribution in [0.15, 0.2) is 78.9 Å². The van der Waals surface area contributed by atoms with E-state index >= 15 is 0 Å². The molecule has 1 N–H and O–H groups in total. The number of rotatable bonds is 5. The maximum Gasteiger partial charge on any atom is 0.119 e. The molecule has 0 atom stereocenters. The predicted molar refractivity (Wildman–Crippen MR) is 92.0 cm³/mol. The van der Waals surface area contributed by atoms with Crippen molar-refractivity contribution < 1.29 is 4.74 Å². The molecule has 0 aliphatic heterocycles. The van der Waals surface area contributed by atoms with Crippen LogP contribution in [0.3, 0.4) is 0 Å². The molecule has 3 aromatic carbocycles. The molecule has 0 heterocycles. The Labute approximate surface area is 131 Å². The Morgan fingerprint density at radius 3 is 1.82 bits per heavy atom. The van der Waals surface area contributed by atoms with E-state index in [1.54, 1.807) is 7.11 Å². The van der Waals surface area contributed by atoms with Crippen LogP contribution in [0.25, 0.3) is 0 Å². The van der Waals surface area contributed by atoms with Crippen molar-refractivity contribution in [1.29, 1.82) is 0 Å². The van der Waals surface area contributed by atoms with Crippen molar-refractivity contribution in [2.75, 3.05) is 12.4 Å². The number of benzene rings is 3. The van der Waals surface area contributed by atoms with E-state index in [1.807, 2.05) is 30.3 Å². The quantitative estimate of drug-likeness (QED) is 0.711. The van der Waals surface area contributed by atoms with Gasteiger partial charge in [0.25, 0.3) is 0 Å². The molecule has 0 aliphatic carbocycles. The smallest absolute Gasteiger partial charge is 0.119 e. The maximum absolute atomic E-state index is 5.16. The molecule has 0 spiro atoms.